The molecule has 0 radical (unpaired) electrons. The van der Waals surface area contributed by atoms with Gasteiger partial charge >= 0.3 is 6.18 Å². The Bertz CT molecular complexity index is 445. The summed E-state index contributed by atoms with van der Waals surface area (Å²) in [5.41, 5.74) is -0.623. The van der Waals surface area contributed by atoms with Crippen molar-refractivity contribution in [2.45, 2.75) is 6.18 Å². The monoisotopic (exact) mass is 258 g/mol. The van der Waals surface area contributed by atoms with E-state index in [0.29, 0.717) is 13.1 Å². The van der Waals surface area contributed by atoms with Crippen molar-refractivity contribution in [3.05, 3.63) is 29.8 Å². The van der Waals surface area contributed by atoms with Crippen LogP contribution < -0.4 is 10.2 Å². The van der Waals surface area contributed by atoms with E-state index >= 15 is 0 Å². The third kappa shape index (κ3) is 2.81. The molecule has 0 atom stereocenters. The van der Waals surface area contributed by atoms with Crippen LogP contribution in [0.15, 0.2) is 24.3 Å². The van der Waals surface area contributed by atoms with Crippen molar-refractivity contribution in [1.82, 2.24) is 5.32 Å². The Balaban J connectivity index is 2.34. The van der Waals surface area contributed by atoms with Gasteiger partial charge in [0.2, 0.25) is 0 Å². The van der Waals surface area contributed by atoms with Crippen molar-refractivity contribution in [3.8, 4) is 0 Å². The second-order valence-corrected chi connectivity index (χ2v) is 4.15. The Kier molecular flexibility index (Phi) is 3.56. The fraction of sp³-hybridized carbons (Fsp3) is 0.417. The predicted octanol–water partition coefficient (Wildman–Crippen LogP) is 1.68. The summed E-state index contributed by atoms with van der Waals surface area (Å²) in [6, 6.07) is 5.34. The molecule has 0 saturated carbocycles. The van der Waals surface area contributed by atoms with Crippen molar-refractivity contribution in [2.75, 3.05) is 31.1 Å². The topological polar surface area (TPSA) is 32.3 Å². The largest absolute Gasteiger partial charge is 0.418 e. The van der Waals surface area contributed by atoms with Crippen LogP contribution >= 0.6 is 0 Å². The highest BCUT2D eigenvalue weighted by Gasteiger charge is 2.35. The molecule has 0 aromatic heterocycles. The van der Waals surface area contributed by atoms with Crippen LogP contribution in [0.3, 0.4) is 0 Å². The molecule has 1 saturated heterocycles. The second kappa shape index (κ2) is 4.97. The summed E-state index contributed by atoms with van der Waals surface area (Å²) in [5.74, 6) is -0.107. The quantitative estimate of drug-likeness (QED) is 0.832. The smallest absolute Gasteiger partial charge is 0.362 e. The number of carbonyl (C=O) groups excluding carboxylic acids is 1. The molecule has 2 rings (SSSR count). The van der Waals surface area contributed by atoms with E-state index in [1.54, 1.807) is 6.07 Å². The zero-order valence-corrected chi connectivity index (χ0v) is 9.63. The summed E-state index contributed by atoms with van der Waals surface area (Å²) < 4.78 is 38.6. The number of anilines is 1. The summed E-state index contributed by atoms with van der Waals surface area (Å²) in [6.45, 7) is 1.11. The second-order valence-electron chi connectivity index (χ2n) is 4.15. The molecule has 6 heteroatoms. The van der Waals surface area contributed by atoms with Gasteiger partial charge in [-0.05, 0) is 12.1 Å². The molecule has 1 aromatic rings. The Morgan fingerprint density at radius 2 is 1.94 bits per heavy atom. The third-order valence-corrected chi connectivity index (χ3v) is 2.80. The molecule has 1 aromatic carbocycles. The molecule has 1 N–H and O–H groups in total. The van der Waals surface area contributed by atoms with E-state index in [4.69, 9.17) is 0 Å². The SMILES string of the molecule is O=C1CNCCN(c2ccccc2C(F)(F)F)C1. The van der Waals surface area contributed by atoms with Gasteiger partial charge in [0, 0.05) is 18.8 Å². The summed E-state index contributed by atoms with van der Waals surface area (Å²) in [4.78, 5) is 12.9. The van der Waals surface area contributed by atoms with Gasteiger partial charge in [0.25, 0.3) is 0 Å². The summed E-state index contributed by atoms with van der Waals surface area (Å²) in [6.07, 6.45) is -4.40. The number of hydrogen-bond donors (Lipinski definition) is 1. The Morgan fingerprint density at radius 1 is 1.22 bits per heavy atom. The maximum atomic E-state index is 12.9. The van der Waals surface area contributed by atoms with Gasteiger partial charge in [-0.15, -0.1) is 0 Å². The first-order chi connectivity index (χ1) is 8.48. The molecule has 0 amide bonds. The van der Waals surface area contributed by atoms with Crippen molar-refractivity contribution < 1.29 is 18.0 Å². The molecular formula is C12H13F3N2O. The fourth-order valence-corrected chi connectivity index (χ4v) is 1.98. The van der Waals surface area contributed by atoms with E-state index in [-0.39, 0.29) is 24.6 Å². The molecule has 0 bridgehead atoms. The molecule has 3 nitrogen and oxygen atoms in total. The number of ketones is 1. The molecule has 0 aliphatic carbocycles. The maximum Gasteiger partial charge on any atom is 0.418 e. The molecule has 0 unspecified atom stereocenters. The zero-order valence-electron chi connectivity index (χ0n) is 9.63. The molecule has 18 heavy (non-hydrogen) atoms. The Hall–Kier alpha value is -1.56. The van der Waals surface area contributed by atoms with Crippen LogP contribution in [0.1, 0.15) is 5.56 Å². The molecule has 1 aliphatic heterocycles. The lowest BCUT2D eigenvalue weighted by Gasteiger charge is -2.25. The number of nitrogens with zero attached hydrogens (tertiary/aromatic N) is 1. The van der Waals surface area contributed by atoms with Gasteiger partial charge in [-0.1, -0.05) is 12.1 Å². The van der Waals surface area contributed by atoms with Crippen molar-refractivity contribution in [3.63, 3.8) is 0 Å². The first-order valence-corrected chi connectivity index (χ1v) is 5.62. The molecule has 1 heterocycles. The minimum atomic E-state index is -4.40. The minimum Gasteiger partial charge on any atom is -0.362 e. The van der Waals surface area contributed by atoms with Crippen LogP contribution in [-0.2, 0) is 11.0 Å². The first kappa shape index (κ1) is 12.9. The van der Waals surface area contributed by atoms with Crippen molar-refractivity contribution in [1.29, 1.82) is 0 Å². The third-order valence-electron chi connectivity index (χ3n) is 2.80. The zero-order chi connectivity index (χ0) is 13.2. The highest BCUT2D eigenvalue weighted by atomic mass is 19.4. The molecule has 1 fully saturated rings. The summed E-state index contributed by atoms with van der Waals surface area (Å²) in [7, 11) is 0. The molecular weight excluding hydrogens is 245 g/mol. The maximum absolute atomic E-state index is 12.9. The number of hydrogen-bond acceptors (Lipinski definition) is 3. The van der Waals surface area contributed by atoms with Crippen LogP contribution in [0.4, 0.5) is 18.9 Å². The van der Waals surface area contributed by atoms with E-state index in [1.165, 1.54) is 17.0 Å². The minimum absolute atomic E-state index is 0.0140. The Labute approximate surface area is 103 Å². The predicted molar refractivity (Wildman–Crippen MR) is 61.5 cm³/mol. The number of benzene rings is 1. The van der Waals surface area contributed by atoms with E-state index in [1.807, 2.05) is 0 Å². The van der Waals surface area contributed by atoms with Crippen LogP contribution in [0, 0.1) is 0 Å². The van der Waals surface area contributed by atoms with Gasteiger partial charge in [0.15, 0.2) is 5.78 Å². The highest BCUT2D eigenvalue weighted by molar-refractivity contribution is 5.86. The lowest BCUT2D eigenvalue weighted by molar-refractivity contribution is -0.137. The standard InChI is InChI=1S/C12H13F3N2O/c13-12(14,15)10-3-1-2-4-11(10)17-6-5-16-7-9(18)8-17/h1-4,16H,5-8H2. The number of para-hydroxylation sites is 1. The van der Waals surface area contributed by atoms with Crippen LogP contribution in [-0.4, -0.2) is 32.0 Å². The normalized spacial score (nSPS) is 17.7. The average molecular weight is 258 g/mol. The van der Waals surface area contributed by atoms with E-state index in [9.17, 15) is 18.0 Å². The van der Waals surface area contributed by atoms with Crippen molar-refractivity contribution in [2.24, 2.45) is 0 Å². The number of carbonyl (C=O) groups is 1. The highest BCUT2D eigenvalue weighted by Crippen LogP contribution is 2.36. The number of Topliss-reactive ketones (excluding diaryl/α,β-unsaturated/α-hetero) is 1. The van der Waals surface area contributed by atoms with Gasteiger partial charge in [0.1, 0.15) is 0 Å². The van der Waals surface area contributed by atoms with Gasteiger partial charge in [-0.3, -0.25) is 4.79 Å². The lowest BCUT2D eigenvalue weighted by atomic mass is 10.1. The fourth-order valence-electron chi connectivity index (χ4n) is 1.98. The molecule has 0 spiro atoms. The van der Waals surface area contributed by atoms with Crippen LogP contribution in [0.5, 0.6) is 0 Å². The lowest BCUT2D eigenvalue weighted by Crippen LogP contribution is -2.31. The Morgan fingerprint density at radius 3 is 2.67 bits per heavy atom. The number of nitrogens with one attached hydrogen (secondary N) is 1. The van der Waals surface area contributed by atoms with E-state index in [2.05, 4.69) is 5.32 Å². The van der Waals surface area contributed by atoms with Crippen LogP contribution in [0.25, 0.3) is 0 Å². The number of rotatable bonds is 1. The summed E-state index contributed by atoms with van der Waals surface area (Å²) >= 11 is 0. The van der Waals surface area contributed by atoms with Gasteiger partial charge < -0.3 is 10.2 Å². The van der Waals surface area contributed by atoms with Gasteiger partial charge in [-0.25, -0.2) is 0 Å². The van der Waals surface area contributed by atoms with Gasteiger partial charge in [0.05, 0.1) is 18.7 Å². The van der Waals surface area contributed by atoms with Crippen LogP contribution in [0.2, 0.25) is 0 Å². The number of alkyl halides is 3. The average Bonchev–Trinajstić information content (AvgIpc) is 2.53. The first-order valence-electron chi connectivity index (χ1n) is 5.62. The van der Waals surface area contributed by atoms with E-state index < -0.39 is 11.7 Å². The van der Waals surface area contributed by atoms with Crippen molar-refractivity contribution >= 4 is 11.5 Å². The molecule has 98 valence electrons. The number of halogens is 3. The van der Waals surface area contributed by atoms with E-state index in [0.717, 1.165) is 6.07 Å². The molecule has 1 aliphatic rings. The summed E-state index contributed by atoms with van der Waals surface area (Å²) in [5, 5.41) is 2.88. The van der Waals surface area contributed by atoms with Gasteiger partial charge in [-0.2, -0.15) is 13.2 Å².